The smallest absolute Gasteiger partial charge is 0.161 e. The first-order valence-electron chi connectivity index (χ1n) is 6.25. The van der Waals surface area contributed by atoms with Crippen molar-refractivity contribution in [1.29, 1.82) is 0 Å². The Kier molecular flexibility index (Phi) is 3.63. The lowest BCUT2D eigenvalue weighted by molar-refractivity contribution is 0.171. The van der Waals surface area contributed by atoms with Crippen LogP contribution >= 0.6 is 15.9 Å². The molecule has 0 radical (unpaired) electrons. The Morgan fingerprint density at radius 3 is 2.55 bits per heavy atom. The van der Waals surface area contributed by atoms with Crippen molar-refractivity contribution in [3.8, 4) is 11.5 Å². The van der Waals surface area contributed by atoms with Crippen molar-refractivity contribution in [2.24, 2.45) is 5.73 Å². The quantitative estimate of drug-likeness (QED) is 0.913. The lowest BCUT2D eigenvalue weighted by Crippen LogP contribution is -2.17. The van der Waals surface area contributed by atoms with Crippen molar-refractivity contribution in [2.45, 2.75) is 6.04 Å². The van der Waals surface area contributed by atoms with Gasteiger partial charge in [0.25, 0.3) is 0 Å². The largest absolute Gasteiger partial charge is 0.486 e. The van der Waals surface area contributed by atoms with E-state index in [2.05, 4.69) is 15.9 Å². The van der Waals surface area contributed by atoms with Crippen LogP contribution in [0, 0.1) is 5.82 Å². The Hall–Kier alpha value is -1.59. The van der Waals surface area contributed by atoms with Crippen LogP contribution in [0.15, 0.2) is 40.9 Å². The Labute approximate surface area is 124 Å². The fraction of sp³-hybridized carbons (Fsp3) is 0.200. The molecule has 1 atom stereocenters. The molecule has 1 unspecified atom stereocenters. The van der Waals surface area contributed by atoms with Gasteiger partial charge in [-0.3, -0.25) is 0 Å². The normalized spacial score (nSPS) is 14.9. The summed E-state index contributed by atoms with van der Waals surface area (Å²) in [6, 6.07) is 9.77. The maximum absolute atomic E-state index is 14.0. The molecule has 1 aliphatic heterocycles. The van der Waals surface area contributed by atoms with Gasteiger partial charge in [0.1, 0.15) is 19.0 Å². The van der Waals surface area contributed by atoms with E-state index in [0.717, 1.165) is 5.56 Å². The molecule has 1 aliphatic rings. The molecule has 2 N–H and O–H groups in total. The minimum absolute atomic E-state index is 0.332. The Balaban J connectivity index is 1.95. The summed E-state index contributed by atoms with van der Waals surface area (Å²) in [5, 5.41) is 0. The van der Waals surface area contributed by atoms with Gasteiger partial charge in [-0.25, -0.2) is 4.39 Å². The number of hydrogen-bond donors (Lipinski definition) is 1. The van der Waals surface area contributed by atoms with Crippen molar-refractivity contribution < 1.29 is 13.9 Å². The topological polar surface area (TPSA) is 44.5 Å². The molecule has 0 aromatic heterocycles. The molecule has 0 aliphatic carbocycles. The molecule has 3 nitrogen and oxygen atoms in total. The van der Waals surface area contributed by atoms with Gasteiger partial charge in [0.15, 0.2) is 11.5 Å². The van der Waals surface area contributed by atoms with Gasteiger partial charge >= 0.3 is 0 Å². The first kappa shape index (κ1) is 13.4. The highest BCUT2D eigenvalue weighted by molar-refractivity contribution is 9.10. The molecule has 20 heavy (non-hydrogen) atoms. The Morgan fingerprint density at radius 2 is 1.80 bits per heavy atom. The van der Waals surface area contributed by atoms with Crippen LogP contribution in [0.5, 0.6) is 11.5 Å². The molecule has 5 heteroatoms. The molecule has 0 bridgehead atoms. The third kappa shape index (κ3) is 2.51. The second-order valence-corrected chi connectivity index (χ2v) is 5.46. The molecule has 0 saturated heterocycles. The van der Waals surface area contributed by atoms with Crippen LogP contribution in [0.3, 0.4) is 0 Å². The first-order chi connectivity index (χ1) is 9.65. The third-order valence-electron chi connectivity index (χ3n) is 3.22. The Bertz CT molecular complexity index is 648. The maximum atomic E-state index is 14.0. The first-order valence-corrected chi connectivity index (χ1v) is 7.04. The standard InChI is InChI=1S/C15H13BrFNO2/c16-10-2-3-11(12(17)8-10)15(18)9-1-4-13-14(7-9)20-6-5-19-13/h1-4,7-8,15H,5-6,18H2. The molecule has 104 valence electrons. The van der Waals surface area contributed by atoms with E-state index >= 15 is 0 Å². The van der Waals surface area contributed by atoms with E-state index in [1.165, 1.54) is 6.07 Å². The lowest BCUT2D eigenvalue weighted by Gasteiger charge is -2.21. The average Bonchev–Trinajstić information content (AvgIpc) is 2.46. The summed E-state index contributed by atoms with van der Waals surface area (Å²) < 4.78 is 25.6. The van der Waals surface area contributed by atoms with Crippen LogP contribution in [-0.4, -0.2) is 13.2 Å². The van der Waals surface area contributed by atoms with E-state index in [0.29, 0.717) is 34.7 Å². The van der Waals surface area contributed by atoms with Gasteiger partial charge in [-0.1, -0.05) is 28.1 Å². The van der Waals surface area contributed by atoms with E-state index in [1.807, 2.05) is 6.07 Å². The number of ether oxygens (including phenoxy) is 2. The maximum Gasteiger partial charge on any atom is 0.161 e. The lowest BCUT2D eigenvalue weighted by atomic mass is 9.98. The van der Waals surface area contributed by atoms with Gasteiger partial charge < -0.3 is 15.2 Å². The second-order valence-electron chi connectivity index (χ2n) is 4.55. The monoisotopic (exact) mass is 337 g/mol. The van der Waals surface area contributed by atoms with Crippen LogP contribution in [0.4, 0.5) is 4.39 Å². The highest BCUT2D eigenvalue weighted by Gasteiger charge is 2.18. The molecule has 1 heterocycles. The van der Waals surface area contributed by atoms with E-state index in [-0.39, 0.29) is 5.82 Å². The van der Waals surface area contributed by atoms with Crippen molar-refractivity contribution in [1.82, 2.24) is 0 Å². The fourth-order valence-electron chi connectivity index (χ4n) is 2.19. The third-order valence-corrected chi connectivity index (χ3v) is 3.72. The number of benzene rings is 2. The van der Waals surface area contributed by atoms with E-state index in [4.69, 9.17) is 15.2 Å². The summed E-state index contributed by atoms with van der Waals surface area (Å²) in [5.41, 5.74) is 7.39. The number of nitrogens with two attached hydrogens (primary N) is 1. The number of halogens is 2. The molecule has 0 saturated carbocycles. The summed E-state index contributed by atoms with van der Waals surface area (Å²) >= 11 is 3.23. The molecular formula is C15H13BrFNO2. The summed E-state index contributed by atoms with van der Waals surface area (Å²) in [4.78, 5) is 0. The number of fused-ring (bicyclic) bond motifs is 1. The van der Waals surface area contributed by atoms with Gasteiger partial charge in [-0.15, -0.1) is 0 Å². The van der Waals surface area contributed by atoms with E-state index in [1.54, 1.807) is 24.3 Å². The zero-order chi connectivity index (χ0) is 14.1. The zero-order valence-corrected chi connectivity index (χ0v) is 12.2. The van der Waals surface area contributed by atoms with Crippen molar-refractivity contribution in [3.63, 3.8) is 0 Å². The molecule has 0 fully saturated rings. The van der Waals surface area contributed by atoms with Crippen LogP contribution in [0.25, 0.3) is 0 Å². The average molecular weight is 338 g/mol. The summed E-state index contributed by atoms with van der Waals surface area (Å²) in [6.45, 7) is 1.05. The predicted octanol–water partition coefficient (Wildman–Crippen LogP) is 3.41. The molecule has 2 aromatic carbocycles. The van der Waals surface area contributed by atoms with Gasteiger partial charge in [0.05, 0.1) is 6.04 Å². The van der Waals surface area contributed by atoms with Gasteiger partial charge in [0.2, 0.25) is 0 Å². The molecule has 3 rings (SSSR count). The van der Waals surface area contributed by atoms with E-state index in [9.17, 15) is 4.39 Å². The highest BCUT2D eigenvalue weighted by atomic mass is 79.9. The number of rotatable bonds is 2. The van der Waals surface area contributed by atoms with Gasteiger partial charge in [-0.2, -0.15) is 0 Å². The fourth-order valence-corrected chi connectivity index (χ4v) is 2.52. The van der Waals surface area contributed by atoms with Crippen molar-refractivity contribution in [3.05, 3.63) is 57.8 Å². The molecule has 2 aromatic rings. The van der Waals surface area contributed by atoms with Crippen LogP contribution in [-0.2, 0) is 0 Å². The van der Waals surface area contributed by atoms with Crippen LogP contribution < -0.4 is 15.2 Å². The molecule has 0 amide bonds. The number of hydrogen-bond acceptors (Lipinski definition) is 3. The highest BCUT2D eigenvalue weighted by Crippen LogP contribution is 2.34. The summed E-state index contributed by atoms with van der Waals surface area (Å²) in [5.74, 6) is 1.02. The SMILES string of the molecule is NC(c1ccc2c(c1)OCCO2)c1ccc(Br)cc1F. The zero-order valence-electron chi connectivity index (χ0n) is 10.6. The Morgan fingerprint density at radius 1 is 1.05 bits per heavy atom. The van der Waals surface area contributed by atoms with Crippen LogP contribution in [0.1, 0.15) is 17.2 Å². The van der Waals surface area contributed by atoms with Gasteiger partial charge in [-0.05, 0) is 29.8 Å². The van der Waals surface area contributed by atoms with Gasteiger partial charge in [0, 0.05) is 10.0 Å². The van der Waals surface area contributed by atoms with E-state index < -0.39 is 6.04 Å². The second kappa shape index (κ2) is 5.42. The minimum Gasteiger partial charge on any atom is -0.486 e. The van der Waals surface area contributed by atoms with Crippen LogP contribution in [0.2, 0.25) is 0 Å². The summed E-state index contributed by atoms with van der Waals surface area (Å²) in [7, 11) is 0. The molecule has 0 spiro atoms. The summed E-state index contributed by atoms with van der Waals surface area (Å²) in [6.07, 6.45) is 0. The molecular weight excluding hydrogens is 325 g/mol. The predicted molar refractivity (Wildman–Crippen MR) is 77.6 cm³/mol. The van der Waals surface area contributed by atoms with Crippen molar-refractivity contribution >= 4 is 15.9 Å². The van der Waals surface area contributed by atoms with Crippen molar-refractivity contribution in [2.75, 3.05) is 13.2 Å². The minimum atomic E-state index is -0.543.